The maximum absolute atomic E-state index is 11.7. The summed E-state index contributed by atoms with van der Waals surface area (Å²) in [5, 5.41) is 0. The van der Waals surface area contributed by atoms with Gasteiger partial charge in [0.05, 0.1) is 24.5 Å². The zero-order chi connectivity index (χ0) is 15.8. The number of esters is 1. The van der Waals surface area contributed by atoms with E-state index in [1.807, 2.05) is 6.07 Å². The molecule has 2 aromatic carbocycles. The van der Waals surface area contributed by atoms with Gasteiger partial charge >= 0.3 is 5.97 Å². The van der Waals surface area contributed by atoms with Gasteiger partial charge < -0.3 is 20.9 Å². The van der Waals surface area contributed by atoms with Crippen LogP contribution < -0.4 is 16.2 Å². The first-order chi connectivity index (χ1) is 10.7. The third kappa shape index (κ3) is 4.70. The first kappa shape index (κ1) is 15.7. The highest BCUT2D eigenvalue weighted by molar-refractivity contribution is 5.89. The number of carbonyl (C=O) groups excluding carboxylic acids is 1. The van der Waals surface area contributed by atoms with E-state index >= 15 is 0 Å². The van der Waals surface area contributed by atoms with Crippen molar-refractivity contribution in [2.24, 2.45) is 0 Å². The van der Waals surface area contributed by atoms with E-state index in [4.69, 9.17) is 20.9 Å². The fraction of sp³-hybridized carbons (Fsp3) is 0.235. The smallest absolute Gasteiger partial charge is 0.338 e. The van der Waals surface area contributed by atoms with Gasteiger partial charge in [-0.15, -0.1) is 0 Å². The molecule has 22 heavy (non-hydrogen) atoms. The van der Waals surface area contributed by atoms with E-state index in [1.54, 1.807) is 42.5 Å². The van der Waals surface area contributed by atoms with Crippen molar-refractivity contribution >= 4 is 17.3 Å². The average Bonchev–Trinajstić information content (AvgIpc) is 2.54. The Balaban J connectivity index is 1.64. The van der Waals surface area contributed by atoms with Crippen molar-refractivity contribution in [1.29, 1.82) is 0 Å². The van der Waals surface area contributed by atoms with E-state index < -0.39 is 0 Å². The minimum atomic E-state index is -0.304. The third-order valence-electron chi connectivity index (χ3n) is 3.08. The molecular weight excluding hydrogens is 280 g/mol. The number of rotatable bonds is 7. The first-order valence-electron chi connectivity index (χ1n) is 7.17. The van der Waals surface area contributed by atoms with Gasteiger partial charge in [0.15, 0.2) is 0 Å². The number of benzene rings is 2. The topological polar surface area (TPSA) is 87.6 Å². The van der Waals surface area contributed by atoms with Crippen molar-refractivity contribution < 1.29 is 14.3 Å². The predicted octanol–water partition coefficient (Wildman–Crippen LogP) is 2.87. The second-order valence-corrected chi connectivity index (χ2v) is 4.85. The van der Waals surface area contributed by atoms with E-state index in [9.17, 15) is 4.79 Å². The SMILES string of the molecule is Nc1ccc(N)c(OCCCCOC(=O)c2ccccc2)c1. The zero-order valence-electron chi connectivity index (χ0n) is 12.3. The number of anilines is 2. The summed E-state index contributed by atoms with van der Waals surface area (Å²) in [7, 11) is 0. The predicted molar refractivity (Wildman–Crippen MR) is 86.7 cm³/mol. The number of nitrogens with two attached hydrogens (primary N) is 2. The summed E-state index contributed by atoms with van der Waals surface area (Å²) in [4.78, 5) is 11.7. The molecule has 5 nitrogen and oxygen atoms in total. The zero-order valence-corrected chi connectivity index (χ0v) is 12.3. The Morgan fingerprint density at radius 2 is 1.68 bits per heavy atom. The van der Waals surface area contributed by atoms with E-state index in [0.717, 1.165) is 12.8 Å². The Labute approximate surface area is 129 Å². The monoisotopic (exact) mass is 300 g/mol. The quantitative estimate of drug-likeness (QED) is 0.466. The molecule has 0 fully saturated rings. The molecule has 116 valence electrons. The summed E-state index contributed by atoms with van der Waals surface area (Å²) in [6.07, 6.45) is 1.48. The van der Waals surface area contributed by atoms with Crippen LogP contribution in [0.4, 0.5) is 11.4 Å². The lowest BCUT2D eigenvalue weighted by Crippen LogP contribution is -2.08. The maximum atomic E-state index is 11.7. The minimum absolute atomic E-state index is 0.304. The molecule has 0 aromatic heterocycles. The summed E-state index contributed by atoms with van der Waals surface area (Å²) < 4.78 is 10.7. The second-order valence-electron chi connectivity index (χ2n) is 4.85. The molecule has 0 radical (unpaired) electrons. The third-order valence-corrected chi connectivity index (χ3v) is 3.08. The number of ether oxygens (including phenoxy) is 2. The molecule has 0 atom stereocenters. The molecule has 0 amide bonds. The van der Waals surface area contributed by atoms with Gasteiger partial charge in [0.25, 0.3) is 0 Å². The Morgan fingerprint density at radius 3 is 2.45 bits per heavy atom. The van der Waals surface area contributed by atoms with Gasteiger partial charge in [0, 0.05) is 11.8 Å². The van der Waals surface area contributed by atoms with Gasteiger partial charge in [-0.25, -0.2) is 4.79 Å². The number of carbonyl (C=O) groups is 1. The van der Waals surface area contributed by atoms with Gasteiger partial charge in [-0.1, -0.05) is 18.2 Å². The van der Waals surface area contributed by atoms with Crippen LogP contribution in [0.5, 0.6) is 5.75 Å². The van der Waals surface area contributed by atoms with Crippen LogP contribution in [0.2, 0.25) is 0 Å². The van der Waals surface area contributed by atoms with Crippen LogP contribution in [0.25, 0.3) is 0 Å². The Morgan fingerprint density at radius 1 is 0.955 bits per heavy atom. The lowest BCUT2D eigenvalue weighted by Gasteiger charge is -2.09. The number of nitrogen functional groups attached to an aromatic ring is 2. The molecule has 0 saturated carbocycles. The van der Waals surface area contributed by atoms with Crippen molar-refractivity contribution in [2.45, 2.75) is 12.8 Å². The minimum Gasteiger partial charge on any atom is -0.491 e. The fourth-order valence-electron chi connectivity index (χ4n) is 1.88. The van der Waals surface area contributed by atoms with Gasteiger partial charge in [-0.3, -0.25) is 0 Å². The van der Waals surface area contributed by atoms with Crippen LogP contribution in [-0.4, -0.2) is 19.2 Å². The van der Waals surface area contributed by atoms with Gasteiger partial charge in [0.1, 0.15) is 5.75 Å². The number of unbranched alkanes of at least 4 members (excludes halogenated alkanes) is 1. The second kappa shape index (κ2) is 7.93. The average molecular weight is 300 g/mol. The molecule has 4 N–H and O–H groups in total. The highest BCUT2D eigenvalue weighted by Crippen LogP contribution is 2.23. The molecule has 2 rings (SSSR count). The first-order valence-corrected chi connectivity index (χ1v) is 7.17. The summed E-state index contributed by atoms with van der Waals surface area (Å²) in [5.74, 6) is 0.280. The molecule has 2 aromatic rings. The Bertz CT molecular complexity index is 615. The molecule has 0 spiro atoms. The molecule has 0 saturated heterocycles. The molecule has 5 heteroatoms. The summed E-state index contributed by atoms with van der Waals surface area (Å²) in [6.45, 7) is 0.861. The molecule has 0 heterocycles. The molecule has 0 aliphatic rings. The lowest BCUT2D eigenvalue weighted by molar-refractivity contribution is 0.0494. The van der Waals surface area contributed by atoms with Crippen molar-refractivity contribution in [3.63, 3.8) is 0 Å². The molecular formula is C17H20N2O3. The van der Waals surface area contributed by atoms with E-state index in [0.29, 0.717) is 35.9 Å². The maximum Gasteiger partial charge on any atom is 0.338 e. The van der Waals surface area contributed by atoms with Gasteiger partial charge in [0.2, 0.25) is 0 Å². The van der Waals surface area contributed by atoms with Crippen LogP contribution in [-0.2, 0) is 4.74 Å². The standard InChI is InChI=1S/C17H20N2O3/c18-14-8-9-15(19)16(12-14)21-10-4-5-11-22-17(20)13-6-2-1-3-7-13/h1-3,6-9,12H,4-5,10-11,18-19H2. The molecule has 0 aliphatic carbocycles. The van der Waals surface area contributed by atoms with Crippen LogP contribution >= 0.6 is 0 Å². The molecule has 0 bridgehead atoms. The highest BCUT2D eigenvalue weighted by atomic mass is 16.5. The summed E-state index contributed by atoms with van der Waals surface area (Å²) in [6, 6.07) is 14.1. The molecule has 0 unspecified atom stereocenters. The van der Waals surface area contributed by atoms with Crippen LogP contribution in [0.3, 0.4) is 0 Å². The van der Waals surface area contributed by atoms with Crippen molar-refractivity contribution in [3.05, 3.63) is 54.1 Å². The number of hydrogen-bond donors (Lipinski definition) is 2. The van der Waals surface area contributed by atoms with Gasteiger partial charge in [-0.05, 0) is 37.1 Å². The normalized spacial score (nSPS) is 10.2. The summed E-state index contributed by atoms with van der Waals surface area (Å²) in [5.41, 5.74) is 13.2. The van der Waals surface area contributed by atoms with E-state index in [1.165, 1.54) is 0 Å². The number of hydrogen-bond acceptors (Lipinski definition) is 5. The Kier molecular flexibility index (Phi) is 5.65. The van der Waals surface area contributed by atoms with Crippen LogP contribution in [0.15, 0.2) is 48.5 Å². The van der Waals surface area contributed by atoms with E-state index in [2.05, 4.69) is 0 Å². The van der Waals surface area contributed by atoms with Crippen LogP contribution in [0.1, 0.15) is 23.2 Å². The fourth-order valence-corrected chi connectivity index (χ4v) is 1.88. The van der Waals surface area contributed by atoms with Crippen molar-refractivity contribution in [3.8, 4) is 5.75 Å². The van der Waals surface area contributed by atoms with E-state index in [-0.39, 0.29) is 5.97 Å². The van der Waals surface area contributed by atoms with Crippen LogP contribution in [0, 0.1) is 0 Å². The highest BCUT2D eigenvalue weighted by Gasteiger charge is 2.05. The lowest BCUT2D eigenvalue weighted by atomic mass is 10.2. The molecule has 0 aliphatic heterocycles. The van der Waals surface area contributed by atoms with Gasteiger partial charge in [-0.2, -0.15) is 0 Å². The van der Waals surface area contributed by atoms with Crippen molar-refractivity contribution in [1.82, 2.24) is 0 Å². The summed E-state index contributed by atoms with van der Waals surface area (Å²) >= 11 is 0. The Hall–Kier alpha value is -2.69. The largest absolute Gasteiger partial charge is 0.491 e. The van der Waals surface area contributed by atoms with Crippen molar-refractivity contribution in [2.75, 3.05) is 24.7 Å².